The zero-order valence-electron chi connectivity index (χ0n) is 16.6. The highest BCUT2D eigenvalue weighted by atomic mass is 15.0. The molecule has 2 N–H and O–H groups in total. The highest BCUT2D eigenvalue weighted by molar-refractivity contribution is 5.90. The number of hydrogen-bond donors (Lipinski definition) is 2. The van der Waals surface area contributed by atoms with Crippen molar-refractivity contribution < 1.29 is 0 Å². The van der Waals surface area contributed by atoms with E-state index >= 15 is 0 Å². The number of aliphatic imine (C=N–C) groups is 1. The molecule has 0 radical (unpaired) electrons. The molecule has 3 heteroatoms. The lowest BCUT2D eigenvalue weighted by Gasteiger charge is -2.37. The van der Waals surface area contributed by atoms with Gasteiger partial charge in [0.1, 0.15) is 0 Å². The molecule has 3 atom stereocenters. The zero-order chi connectivity index (χ0) is 19.9. The Morgan fingerprint density at radius 3 is 2.63 bits per heavy atom. The molecule has 1 aliphatic heterocycles. The number of aromatic nitrogens is 1. The maximum absolute atomic E-state index is 4.67. The summed E-state index contributed by atoms with van der Waals surface area (Å²) >= 11 is 0. The number of nitrogens with zero attached hydrogens (tertiary/aromatic N) is 1. The average Bonchev–Trinajstić information content (AvgIpc) is 3.45. The normalized spacial score (nSPS) is 22.2. The van der Waals surface area contributed by atoms with Crippen LogP contribution in [0.5, 0.6) is 0 Å². The molecule has 4 aromatic rings. The molecule has 0 fully saturated rings. The second-order valence-electron chi connectivity index (χ2n) is 8.22. The lowest BCUT2D eigenvalue weighted by Crippen LogP contribution is -2.28. The van der Waals surface area contributed by atoms with E-state index < -0.39 is 0 Å². The smallest absolute Gasteiger partial charge is 0.0630 e. The largest absolute Gasteiger partial charge is 0.378 e. The highest BCUT2D eigenvalue weighted by Crippen LogP contribution is 2.49. The fraction of sp³-hybridized carbons (Fsp3) is 0.148. The van der Waals surface area contributed by atoms with Crippen molar-refractivity contribution in [3.05, 3.63) is 108 Å². The van der Waals surface area contributed by atoms with Gasteiger partial charge in [-0.1, -0.05) is 60.7 Å². The van der Waals surface area contributed by atoms with Gasteiger partial charge in [-0.2, -0.15) is 0 Å². The van der Waals surface area contributed by atoms with Crippen molar-refractivity contribution in [2.75, 3.05) is 5.32 Å². The summed E-state index contributed by atoms with van der Waals surface area (Å²) in [5, 5.41) is 5.00. The van der Waals surface area contributed by atoms with Crippen LogP contribution in [0.3, 0.4) is 0 Å². The average molecular weight is 390 g/mol. The van der Waals surface area contributed by atoms with Crippen molar-refractivity contribution >= 4 is 28.5 Å². The van der Waals surface area contributed by atoms with Gasteiger partial charge in [-0.25, -0.2) is 0 Å². The summed E-state index contributed by atoms with van der Waals surface area (Å²) in [5.74, 6) is 1.08. The minimum absolute atomic E-state index is 0.326. The van der Waals surface area contributed by atoms with Crippen molar-refractivity contribution in [1.82, 2.24) is 4.98 Å². The third-order valence-corrected chi connectivity index (χ3v) is 6.43. The Labute approximate surface area is 176 Å². The molecule has 30 heavy (non-hydrogen) atoms. The van der Waals surface area contributed by atoms with Crippen LogP contribution >= 0.6 is 0 Å². The number of aromatic amines is 1. The first-order valence-electron chi connectivity index (χ1n) is 10.6. The first-order chi connectivity index (χ1) is 14.8. The molecular weight excluding hydrogens is 366 g/mol. The van der Waals surface area contributed by atoms with Crippen LogP contribution in [0.2, 0.25) is 0 Å². The van der Waals surface area contributed by atoms with E-state index in [0.29, 0.717) is 17.9 Å². The van der Waals surface area contributed by atoms with Gasteiger partial charge in [-0.15, -0.1) is 0 Å². The van der Waals surface area contributed by atoms with Gasteiger partial charge in [0.15, 0.2) is 0 Å². The van der Waals surface area contributed by atoms with Gasteiger partial charge in [0, 0.05) is 22.5 Å². The van der Waals surface area contributed by atoms with Crippen molar-refractivity contribution in [2.24, 2.45) is 10.9 Å². The maximum Gasteiger partial charge on any atom is 0.0630 e. The molecule has 3 aromatic carbocycles. The summed E-state index contributed by atoms with van der Waals surface area (Å²) in [6, 6.07) is 28.1. The third-order valence-electron chi connectivity index (χ3n) is 6.43. The van der Waals surface area contributed by atoms with Gasteiger partial charge in [0.2, 0.25) is 0 Å². The van der Waals surface area contributed by atoms with Crippen LogP contribution in [0.4, 0.5) is 11.4 Å². The Balaban J connectivity index is 1.25. The molecule has 1 aliphatic carbocycles. The summed E-state index contributed by atoms with van der Waals surface area (Å²) in [5.41, 5.74) is 7.13. The van der Waals surface area contributed by atoms with E-state index in [1.165, 1.54) is 22.2 Å². The molecule has 2 heterocycles. The molecule has 0 saturated carbocycles. The van der Waals surface area contributed by atoms with Gasteiger partial charge in [0.05, 0.1) is 23.6 Å². The second-order valence-corrected chi connectivity index (χ2v) is 8.22. The first-order valence-corrected chi connectivity index (χ1v) is 10.6. The van der Waals surface area contributed by atoms with Gasteiger partial charge >= 0.3 is 0 Å². The van der Waals surface area contributed by atoms with Gasteiger partial charge < -0.3 is 10.3 Å². The van der Waals surface area contributed by atoms with Gasteiger partial charge in [-0.05, 0) is 53.8 Å². The number of fused-ring (bicyclic) bond motifs is 4. The monoisotopic (exact) mass is 389 g/mol. The number of allylic oxidation sites excluding steroid dienone is 2. The molecular formula is C27H23N3. The van der Waals surface area contributed by atoms with Crippen LogP contribution < -0.4 is 5.32 Å². The highest BCUT2D eigenvalue weighted by Gasteiger charge is 2.37. The molecule has 0 spiro atoms. The topological polar surface area (TPSA) is 40.2 Å². The SMILES string of the molecule is C1=C[C@@H]2c3ccccc3N[C@H](c3ccc(N=Cc4cc5ccccc5[nH]4)cc3)[C@H]2C1. The first kappa shape index (κ1) is 17.3. The predicted molar refractivity (Wildman–Crippen MR) is 125 cm³/mol. The van der Waals surface area contributed by atoms with Crippen LogP contribution in [0.1, 0.15) is 35.2 Å². The third kappa shape index (κ3) is 2.94. The molecule has 1 aromatic heterocycles. The van der Waals surface area contributed by atoms with Crippen LogP contribution in [0.15, 0.2) is 96.0 Å². The number of nitrogens with one attached hydrogen (secondary N) is 2. The van der Waals surface area contributed by atoms with Crippen molar-refractivity contribution in [1.29, 1.82) is 0 Å². The summed E-state index contributed by atoms with van der Waals surface area (Å²) in [6.45, 7) is 0. The van der Waals surface area contributed by atoms with Crippen LogP contribution in [0.25, 0.3) is 10.9 Å². The number of benzene rings is 3. The van der Waals surface area contributed by atoms with Crippen molar-refractivity contribution in [3.63, 3.8) is 0 Å². The van der Waals surface area contributed by atoms with Crippen molar-refractivity contribution in [2.45, 2.75) is 18.4 Å². The standard InChI is InChI=1S/C27H23N3/c1-3-10-25-19(6-1)16-21(29-25)17-28-20-14-12-18(13-15-20)27-24-9-5-8-22(24)23-7-2-4-11-26(23)30-27/h1-8,10-17,22,24,27,29-30H,9H2/t22-,24+,27-/m1/s1. The molecule has 3 nitrogen and oxygen atoms in total. The number of rotatable bonds is 3. The number of hydrogen-bond acceptors (Lipinski definition) is 2. The summed E-state index contributed by atoms with van der Waals surface area (Å²) in [4.78, 5) is 8.07. The molecule has 2 aliphatic rings. The number of para-hydroxylation sites is 2. The van der Waals surface area contributed by atoms with E-state index in [9.17, 15) is 0 Å². The van der Waals surface area contributed by atoms with Crippen LogP contribution in [-0.2, 0) is 0 Å². The lowest BCUT2D eigenvalue weighted by molar-refractivity contribution is 0.425. The predicted octanol–water partition coefficient (Wildman–Crippen LogP) is 6.75. The lowest BCUT2D eigenvalue weighted by atomic mass is 9.77. The Hall–Kier alpha value is -3.59. The Morgan fingerprint density at radius 1 is 0.900 bits per heavy atom. The van der Waals surface area contributed by atoms with E-state index in [1.54, 1.807) is 0 Å². The summed E-state index contributed by atoms with van der Waals surface area (Å²) in [7, 11) is 0. The zero-order valence-corrected chi connectivity index (χ0v) is 16.6. The van der Waals surface area contributed by atoms with E-state index in [1.807, 2.05) is 12.3 Å². The number of H-pyrrole nitrogens is 1. The molecule has 146 valence electrons. The van der Waals surface area contributed by atoms with Gasteiger partial charge in [0.25, 0.3) is 0 Å². The van der Waals surface area contributed by atoms with E-state index in [2.05, 4.69) is 100 Å². The van der Waals surface area contributed by atoms with Crippen LogP contribution in [0, 0.1) is 5.92 Å². The minimum atomic E-state index is 0.326. The van der Waals surface area contributed by atoms with E-state index in [0.717, 1.165) is 23.3 Å². The van der Waals surface area contributed by atoms with E-state index in [4.69, 9.17) is 0 Å². The molecule has 6 rings (SSSR count). The maximum atomic E-state index is 4.67. The fourth-order valence-corrected chi connectivity index (χ4v) is 4.95. The summed E-state index contributed by atoms with van der Waals surface area (Å²) in [6.07, 6.45) is 7.75. The molecule has 0 amide bonds. The van der Waals surface area contributed by atoms with Crippen LogP contribution in [-0.4, -0.2) is 11.2 Å². The van der Waals surface area contributed by atoms with Gasteiger partial charge in [-0.3, -0.25) is 4.99 Å². The number of anilines is 1. The molecule has 0 unspecified atom stereocenters. The quantitative estimate of drug-likeness (QED) is 0.295. The molecule has 0 saturated heterocycles. The Bertz CT molecular complexity index is 1230. The molecule has 0 bridgehead atoms. The van der Waals surface area contributed by atoms with Crippen molar-refractivity contribution in [3.8, 4) is 0 Å². The second kappa shape index (κ2) is 7.03. The Morgan fingerprint density at radius 2 is 1.73 bits per heavy atom. The van der Waals surface area contributed by atoms with E-state index in [-0.39, 0.29) is 0 Å². The minimum Gasteiger partial charge on any atom is -0.378 e. The fourth-order valence-electron chi connectivity index (χ4n) is 4.95. The summed E-state index contributed by atoms with van der Waals surface area (Å²) < 4.78 is 0. The Kier molecular flexibility index (Phi) is 4.05.